The maximum Gasteiger partial charge on any atom is 0.261 e. The van der Waals surface area contributed by atoms with Crippen LogP contribution in [0.3, 0.4) is 0 Å². The molecule has 0 saturated heterocycles. The third-order valence-electron chi connectivity index (χ3n) is 3.73. The Morgan fingerprint density at radius 3 is 2.61 bits per heavy atom. The molecule has 0 N–H and O–H groups in total. The molecule has 0 unspecified atom stereocenters. The number of hydrogen-bond donors (Lipinski definition) is 0. The molecule has 1 amide bonds. The van der Waals surface area contributed by atoms with Crippen molar-refractivity contribution < 1.29 is 14.3 Å². The molecular weight excluding hydrogens is 294 g/mol. The predicted octanol–water partition coefficient (Wildman–Crippen LogP) is 2.53. The van der Waals surface area contributed by atoms with Gasteiger partial charge in [-0.2, -0.15) is 10.1 Å². The van der Waals surface area contributed by atoms with Gasteiger partial charge in [-0.1, -0.05) is 0 Å². The molecule has 0 fully saturated rings. The smallest absolute Gasteiger partial charge is 0.261 e. The van der Waals surface area contributed by atoms with Crippen molar-refractivity contribution in [1.82, 2.24) is 0 Å². The van der Waals surface area contributed by atoms with E-state index in [4.69, 9.17) is 9.47 Å². The minimum atomic E-state index is -0.375. The van der Waals surface area contributed by atoms with Crippen LogP contribution in [0.1, 0.15) is 20.3 Å². The van der Waals surface area contributed by atoms with E-state index >= 15 is 0 Å². The van der Waals surface area contributed by atoms with Crippen molar-refractivity contribution in [2.75, 3.05) is 32.4 Å². The summed E-state index contributed by atoms with van der Waals surface area (Å²) in [6.45, 7) is 5.06. The molecular formula is C17H23N3O3. The molecule has 1 aromatic carbocycles. The van der Waals surface area contributed by atoms with Crippen molar-refractivity contribution in [1.29, 1.82) is 0 Å². The van der Waals surface area contributed by atoms with Crippen LogP contribution in [0.15, 0.2) is 34.4 Å². The topological polar surface area (TPSA) is 63.5 Å². The fraction of sp³-hybridized carbons (Fsp3) is 0.471. The molecule has 0 bridgehead atoms. The molecule has 0 aliphatic carbocycles. The summed E-state index contributed by atoms with van der Waals surface area (Å²) in [7, 11) is 3.28. The second kappa shape index (κ2) is 7.87. The van der Waals surface area contributed by atoms with Gasteiger partial charge in [-0.15, -0.1) is 0 Å². The third kappa shape index (κ3) is 3.96. The van der Waals surface area contributed by atoms with Gasteiger partial charge < -0.3 is 9.47 Å². The van der Waals surface area contributed by atoms with E-state index in [0.29, 0.717) is 13.2 Å². The Labute approximate surface area is 136 Å². The molecule has 0 aromatic heterocycles. The number of rotatable bonds is 7. The molecule has 1 aromatic rings. The lowest BCUT2D eigenvalue weighted by Crippen LogP contribution is -2.31. The molecule has 1 aliphatic rings. The van der Waals surface area contributed by atoms with Gasteiger partial charge in [-0.05, 0) is 44.5 Å². The lowest BCUT2D eigenvalue weighted by Gasteiger charge is -2.14. The number of hydrogen-bond acceptors (Lipinski definition) is 5. The Morgan fingerprint density at radius 2 is 2.00 bits per heavy atom. The van der Waals surface area contributed by atoms with Crippen LogP contribution in [-0.4, -0.2) is 44.7 Å². The third-order valence-corrected chi connectivity index (χ3v) is 3.73. The molecule has 124 valence electrons. The number of nitrogens with zero attached hydrogens (tertiary/aromatic N) is 3. The largest absolute Gasteiger partial charge is 0.497 e. The van der Waals surface area contributed by atoms with Crippen molar-refractivity contribution in [3.05, 3.63) is 24.3 Å². The van der Waals surface area contributed by atoms with E-state index in [1.807, 2.05) is 38.1 Å². The van der Waals surface area contributed by atoms with Crippen molar-refractivity contribution >= 4 is 23.0 Å². The monoisotopic (exact) mass is 317 g/mol. The quantitative estimate of drug-likeness (QED) is 0.573. The molecule has 6 heteroatoms. The van der Waals surface area contributed by atoms with Crippen LogP contribution in [0.4, 0.5) is 5.69 Å². The maximum absolute atomic E-state index is 12.7. The van der Waals surface area contributed by atoms with Crippen LogP contribution in [-0.2, 0) is 9.53 Å². The zero-order valence-corrected chi connectivity index (χ0v) is 14.1. The molecule has 23 heavy (non-hydrogen) atoms. The number of hydrazone groups is 1. The average molecular weight is 317 g/mol. The van der Waals surface area contributed by atoms with Crippen LogP contribution in [0, 0.1) is 5.92 Å². The number of anilines is 1. The number of carbonyl (C=O) groups is 1. The van der Waals surface area contributed by atoms with Gasteiger partial charge in [0, 0.05) is 26.0 Å². The van der Waals surface area contributed by atoms with Crippen LogP contribution < -0.4 is 9.75 Å². The van der Waals surface area contributed by atoms with Gasteiger partial charge in [-0.3, -0.25) is 9.79 Å². The zero-order valence-electron chi connectivity index (χ0n) is 14.1. The van der Waals surface area contributed by atoms with E-state index in [1.165, 1.54) is 5.01 Å². The molecule has 2 rings (SSSR count). The first-order chi connectivity index (χ1) is 11.1. The predicted molar refractivity (Wildman–Crippen MR) is 91.5 cm³/mol. The minimum Gasteiger partial charge on any atom is -0.497 e. The van der Waals surface area contributed by atoms with E-state index in [2.05, 4.69) is 10.1 Å². The number of aliphatic imine (C=N–C) groups is 1. The summed E-state index contributed by atoms with van der Waals surface area (Å²) in [5, 5.41) is 5.83. The standard InChI is InChI=1S/C17H23N3O3/c1-12(18-10-5-11-22-3)16-13(2)19-20(17(16)21)14-6-8-15(23-4)9-7-14/h6-9,16H,5,10-11H2,1-4H3/t16-/m1/s1. The van der Waals surface area contributed by atoms with Crippen LogP contribution >= 0.6 is 0 Å². The van der Waals surface area contributed by atoms with E-state index in [-0.39, 0.29) is 11.8 Å². The van der Waals surface area contributed by atoms with Gasteiger partial charge in [0.2, 0.25) is 0 Å². The van der Waals surface area contributed by atoms with Crippen molar-refractivity contribution in [3.8, 4) is 5.75 Å². The number of amides is 1. The van der Waals surface area contributed by atoms with Gasteiger partial charge in [-0.25, -0.2) is 0 Å². The van der Waals surface area contributed by atoms with Crippen molar-refractivity contribution in [3.63, 3.8) is 0 Å². The Hall–Kier alpha value is -2.21. The lowest BCUT2D eigenvalue weighted by atomic mass is 9.99. The van der Waals surface area contributed by atoms with Gasteiger partial charge in [0.25, 0.3) is 5.91 Å². The van der Waals surface area contributed by atoms with E-state index < -0.39 is 0 Å². The first kappa shape index (κ1) is 17.1. The van der Waals surface area contributed by atoms with Crippen LogP contribution in [0.5, 0.6) is 5.75 Å². The summed E-state index contributed by atoms with van der Waals surface area (Å²) < 4.78 is 10.1. The summed E-state index contributed by atoms with van der Waals surface area (Å²) in [5.74, 6) is 0.300. The Morgan fingerprint density at radius 1 is 1.30 bits per heavy atom. The number of benzene rings is 1. The second-order valence-electron chi connectivity index (χ2n) is 5.39. The summed E-state index contributed by atoms with van der Waals surface area (Å²) in [4.78, 5) is 17.2. The molecule has 0 radical (unpaired) electrons. The number of carbonyl (C=O) groups excluding carboxylic acids is 1. The van der Waals surface area contributed by atoms with Gasteiger partial charge in [0.15, 0.2) is 0 Å². The molecule has 1 aliphatic heterocycles. The van der Waals surface area contributed by atoms with Crippen LogP contribution in [0.25, 0.3) is 0 Å². The van der Waals surface area contributed by atoms with E-state index in [1.54, 1.807) is 14.2 Å². The summed E-state index contributed by atoms with van der Waals surface area (Å²) in [5.41, 5.74) is 2.28. The highest BCUT2D eigenvalue weighted by Gasteiger charge is 2.36. The molecule has 1 heterocycles. The summed E-state index contributed by atoms with van der Waals surface area (Å²) >= 11 is 0. The number of ether oxygens (including phenoxy) is 2. The fourth-order valence-corrected chi connectivity index (χ4v) is 2.51. The summed E-state index contributed by atoms with van der Waals surface area (Å²) in [6, 6.07) is 7.26. The highest BCUT2D eigenvalue weighted by Crippen LogP contribution is 2.26. The Kier molecular flexibility index (Phi) is 5.87. The molecule has 6 nitrogen and oxygen atoms in total. The van der Waals surface area contributed by atoms with Gasteiger partial charge >= 0.3 is 0 Å². The van der Waals surface area contributed by atoms with E-state index in [9.17, 15) is 4.79 Å². The molecule has 1 atom stereocenters. The zero-order chi connectivity index (χ0) is 16.8. The lowest BCUT2D eigenvalue weighted by molar-refractivity contribution is -0.118. The van der Waals surface area contributed by atoms with Gasteiger partial charge in [0.05, 0.1) is 18.5 Å². The Balaban J connectivity index is 2.11. The maximum atomic E-state index is 12.7. The normalized spacial score (nSPS) is 18.3. The van der Waals surface area contributed by atoms with Crippen molar-refractivity contribution in [2.45, 2.75) is 20.3 Å². The highest BCUT2D eigenvalue weighted by atomic mass is 16.5. The van der Waals surface area contributed by atoms with Gasteiger partial charge in [0.1, 0.15) is 11.7 Å². The molecule has 0 saturated carbocycles. The molecule has 0 spiro atoms. The first-order valence-corrected chi connectivity index (χ1v) is 7.61. The fourth-order valence-electron chi connectivity index (χ4n) is 2.51. The summed E-state index contributed by atoms with van der Waals surface area (Å²) in [6.07, 6.45) is 0.840. The van der Waals surface area contributed by atoms with Crippen LogP contribution in [0.2, 0.25) is 0 Å². The number of methoxy groups -OCH3 is 2. The minimum absolute atomic E-state index is 0.0688. The van der Waals surface area contributed by atoms with Crippen molar-refractivity contribution in [2.24, 2.45) is 16.0 Å². The van der Waals surface area contributed by atoms with E-state index in [0.717, 1.165) is 29.3 Å². The Bertz CT molecular complexity index is 608. The highest BCUT2D eigenvalue weighted by molar-refractivity contribution is 6.27. The second-order valence-corrected chi connectivity index (χ2v) is 5.39. The SMILES string of the molecule is COCCCN=C(C)[C@H]1C(=O)N(c2ccc(OC)cc2)N=C1C. The average Bonchev–Trinajstić information content (AvgIpc) is 2.86. The first-order valence-electron chi connectivity index (χ1n) is 7.61.